The maximum atomic E-state index is 6.21. The lowest BCUT2D eigenvalue weighted by atomic mass is 10.2. The predicted molar refractivity (Wildman–Crippen MR) is 137 cm³/mol. The third kappa shape index (κ3) is 4.74. The lowest BCUT2D eigenvalue weighted by Crippen LogP contribution is -2.22. The zero-order chi connectivity index (χ0) is 23.5. The highest BCUT2D eigenvalue weighted by molar-refractivity contribution is 6.31. The largest absolute Gasteiger partial charge is 0.495 e. The molecule has 0 saturated heterocycles. The van der Waals surface area contributed by atoms with E-state index in [1.807, 2.05) is 61.0 Å². The topological polar surface area (TPSA) is 51.6 Å². The van der Waals surface area contributed by atoms with Crippen LogP contribution in [0.1, 0.15) is 5.56 Å². The Morgan fingerprint density at radius 2 is 1.79 bits per heavy atom. The maximum Gasteiger partial charge on any atom is 0.208 e. The number of ether oxygens (including phenoxy) is 2. The molecule has 1 aromatic heterocycles. The van der Waals surface area contributed by atoms with Crippen LogP contribution in [0, 0.1) is 6.92 Å². The van der Waals surface area contributed by atoms with E-state index in [0.29, 0.717) is 34.9 Å². The average Bonchev–Trinajstić information content (AvgIpc) is 3.12. The van der Waals surface area contributed by atoms with Gasteiger partial charge >= 0.3 is 0 Å². The fourth-order valence-corrected chi connectivity index (χ4v) is 4.30. The van der Waals surface area contributed by atoms with Crippen molar-refractivity contribution in [3.63, 3.8) is 0 Å². The molecule has 33 heavy (non-hydrogen) atoms. The number of nitrogens with zero attached hydrogens (tertiary/aromatic N) is 3. The van der Waals surface area contributed by atoms with Crippen molar-refractivity contribution in [2.45, 2.75) is 6.92 Å². The molecule has 0 amide bonds. The van der Waals surface area contributed by atoms with Gasteiger partial charge in [0.2, 0.25) is 5.95 Å². The molecule has 0 bridgehead atoms. The Morgan fingerprint density at radius 1 is 1.03 bits per heavy atom. The first-order valence-corrected chi connectivity index (χ1v) is 11.3. The molecule has 0 aliphatic carbocycles. The summed E-state index contributed by atoms with van der Waals surface area (Å²) in [7, 11) is 5.33. The van der Waals surface area contributed by atoms with E-state index in [9.17, 15) is 0 Å². The minimum atomic E-state index is 0.573. The second-order valence-electron chi connectivity index (χ2n) is 7.69. The molecule has 6 nitrogen and oxygen atoms in total. The summed E-state index contributed by atoms with van der Waals surface area (Å²) in [5, 5.41) is 4.76. The average molecular weight is 485 g/mol. The normalized spacial score (nSPS) is 11.1. The first kappa shape index (κ1) is 23.2. The van der Waals surface area contributed by atoms with Crippen molar-refractivity contribution in [2.75, 3.05) is 37.6 Å². The standard InChI is InChI=1S/C25H26Cl2N4O2/c1-16-14-18(27)15-22(33-4)23(16)29-25-28-20-6-5-7-21(24(20)30(25)2)31(12-13-32-3)19-10-8-17(26)9-11-19/h5-11,14-15H,12-13H2,1-4H3,(H,28,29). The smallest absolute Gasteiger partial charge is 0.208 e. The van der Waals surface area contributed by atoms with Gasteiger partial charge in [0, 0.05) is 42.5 Å². The molecule has 0 aliphatic rings. The van der Waals surface area contributed by atoms with E-state index in [0.717, 1.165) is 33.7 Å². The first-order chi connectivity index (χ1) is 15.9. The second-order valence-corrected chi connectivity index (χ2v) is 8.56. The van der Waals surface area contributed by atoms with Gasteiger partial charge in [0.1, 0.15) is 5.75 Å². The summed E-state index contributed by atoms with van der Waals surface area (Å²) in [6.45, 7) is 3.23. The van der Waals surface area contributed by atoms with E-state index in [1.165, 1.54) is 0 Å². The second kappa shape index (κ2) is 9.91. The fraction of sp³-hybridized carbons (Fsp3) is 0.240. The number of imidazole rings is 1. The van der Waals surface area contributed by atoms with E-state index in [4.69, 9.17) is 37.7 Å². The zero-order valence-electron chi connectivity index (χ0n) is 19.0. The lowest BCUT2D eigenvalue weighted by molar-refractivity contribution is 0.207. The summed E-state index contributed by atoms with van der Waals surface area (Å²) in [5.74, 6) is 1.36. The van der Waals surface area contributed by atoms with Crippen molar-refractivity contribution in [3.05, 3.63) is 70.2 Å². The Kier molecular flexibility index (Phi) is 6.98. The predicted octanol–water partition coefficient (Wildman–Crippen LogP) is 6.73. The van der Waals surface area contributed by atoms with Gasteiger partial charge in [0.15, 0.2) is 0 Å². The number of anilines is 4. The summed E-state index contributed by atoms with van der Waals surface area (Å²) in [5.41, 5.74) is 5.71. The van der Waals surface area contributed by atoms with E-state index >= 15 is 0 Å². The molecule has 0 fully saturated rings. The number of nitrogens with one attached hydrogen (secondary N) is 1. The number of rotatable bonds is 8. The highest BCUT2D eigenvalue weighted by Gasteiger charge is 2.19. The Morgan fingerprint density at radius 3 is 2.48 bits per heavy atom. The SMILES string of the molecule is COCCN(c1ccc(Cl)cc1)c1cccc2nc(Nc3c(C)cc(Cl)cc3OC)n(C)c12. The van der Waals surface area contributed by atoms with Gasteiger partial charge in [-0.15, -0.1) is 0 Å². The molecule has 8 heteroatoms. The maximum absolute atomic E-state index is 6.21. The minimum Gasteiger partial charge on any atom is -0.495 e. The van der Waals surface area contributed by atoms with Crippen molar-refractivity contribution < 1.29 is 9.47 Å². The number of halogens is 2. The van der Waals surface area contributed by atoms with Crippen LogP contribution in [0.15, 0.2) is 54.6 Å². The summed E-state index contributed by atoms with van der Waals surface area (Å²) in [6.07, 6.45) is 0. The molecular formula is C25H26Cl2N4O2. The molecule has 0 radical (unpaired) electrons. The van der Waals surface area contributed by atoms with Crippen LogP contribution in [0.3, 0.4) is 0 Å². The molecule has 3 aromatic carbocycles. The lowest BCUT2D eigenvalue weighted by Gasteiger charge is -2.26. The summed E-state index contributed by atoms with van der Waals surface area (Å²) >= 11 is 12.3. The Balaban J connectivity index is 1.81. The first-order valence-electron chi connectivity index (χ1n) is 10.5. The van der Waals surface area contributed by atoms with Gasteiger partial charge < -0.3 is 24.3 Å². The molecule has 0 aliphatic heterocycles. The van der Waals surface area contributed by atoms with Crippen molar-refractivity contribution in [2.24, 2.45) is 7.05 Å². The highest BCUT2D eigenvalue weighted by atomic mass is 35.5. The Hall–Kier alpha value is -2.93. The molecule has 0 atom stereocenters. The van der Waals surface area contributed by atoms with Crippen LogP contribution < -0.4 is 15.0 Å². The fourth-order valence-electron chi connectivity index (χ4n) is 3.92. The van der Waals surface area contributed by atoms with Gasteiger partial charge in [0.05, 0.1) is 36.1 Å². The van der Waals surface area contributed by atoms with Crippen LogP contribution >= 0.6 is 23.2 Å². The Bertz CT molecular complexity index is 1270. The number of hydrogen-bond donors (Lipinski definition) is 1. The molecule has 0 spiro atoms. The van der Waals surface area contributed by atoms with Gasteiger partial charge in [-0.25, -0.2) is 4.98 Å². The molecule has 0 unspecified atom stereocenters. The number of methoxy groups -OCH3 is 2. The molecule has 172 valence electrons. The third-order valence-corrected chi connectivity index (χ3v) is 6.01. The van der Waals surface area contributed by atoms with Gasteiger partial charge in [-0.1, -0.05) is 29.3 Å². The molecule has 1 heterocycles. The van der Waals surface area contributed by atoms with Crippen molar-refractivity contribution in [1.82, 2.24) is 9.55 Å². The number of fused-ring (bicyclic) bond motifs is 1. The van der Waals surface area contributed by atoms with Crippen LogP contribution in [-0.2, 0) is 11.8 Å². The van der Waals surface area contributed by atoms with Gasteiger partial charge in [-0.2, -0.15) is 0 Å². The summed E-state index contributed by atoms with van der Waals surface area (Å²) in [4.78, 5) is 7.07. The van der Waals surface area contributed by atoms with Crippen LogP contribution in [0.25, 0.3) is 11.0 Å². The van der Waals surface area contributed by atoms with Gasteiger partial charge in [0.25, 0.3) is 0 Å². The molecule has 4 rings (SSSR count). The van der Waals surface area contributed by atoms with Crippen molar-refractivity contribution >= 4 is 57.2 Å². The van der Waals surface area contributed by atoms with Crippen LogP contribution in [0.4, 0.5) is 23.0 Å². The molecular weight excluding hydrogens is 459 g/mol. The number of benzene rings is 3. The van der Waals surface area contributed by atoms with Gasteiger partial charge in [-0.05, 0) is 55.0 Å². The zero-order valence-corrected chi connectivity index (χ0v) is 20.5. The minimum absolute atomic E-state index is 0.573. The monoisotopic (exact) mass is 484 g/mol. The van der Waals surface area contributed by atoms with Crippen LogP contribution in [0.5, 0.6) is 5.75 Å². The number of para-hydroxylation sites is 1. The van der Waals surface area contributed by atoms with Crippen molar-refractivity contribution in [3.8, 4) is 5.75 Å². The van der Waals surface area contributed by atoms with Gasteiger partial charge in [-0.3, -0.25) is 0 Å². The quantitative estimate of drug-likeness (QED) is 0.300. The molecule has 4 aromatic rings. The highest BCUT2D eigenvalue weighted by Crippen LogP contribution is 2.37. The summed E-state index contributed by atoms with van der Waals surface area (Å²) in [6, 6.07) is 17.6. The number of hydrogen-bond acceptors (Lipinski definition) is 5. The number of aromatic nitrogens is 2. The van der Waals surface area contributed by atoms with E-state index in [1.54, 1.807) is 20.3 Å². The third-order valence-electron chi connectivity index (χ3n) is 5.54. The Labute approximate surface area is 203 Å². The van der Waals surface area contributed by atoms with Crippen LogP contribution in [0.2, 0.25) is 10.0 Å². The molecule has 1 N–H and O–H groups in total. The summed E-state index contributed by atoms with van der Waals surface area (Å²) < 4.78 is 13.0. The van der Waals surface area contributed by atoms with Crippen molar-refractivity contribution in [1.29, 1.82) is 0 Å². The van der Waals surface area contributed by atoms with E-state index < -0.39 is 0 Å². The van der Waals surface area contributed by atoms with E-state index in [2.05, 4.69) is 16.3 Å². The van der Waals surface area contributed by atoms with Crippen LogP contribution in [-0.4, -0.2) is 36.9 Å². The number of aryl methyl sites for hydroxylation is 2. The van der Waals surface area contributed by atoms with E-state index in [-0.39, 0.29) is 0 Å². The molecule has 0 saturated carbocycles.